The molecule has 34 heavy (non-hydrogen) atoms. The number of aliphatic hydroxyl groups excluding tert-OH is 1. The first-order chi connectivity index (χ1) is 16.3. The Kier molecular flexibility index (Phi) is 8.38. The molecule has 2 fully saturated rings. The maximum absolute atomic E-state index is 11.2. The van der Waals surface area contributed by atoms with E-state index in [1.807, 2.05) is 38.1 Å². The fourth-order valence-corrected chi connectivity index (χ4v) is 4.98. The third-order valence-electron chi connectivity index (χ3n) is 6.94. The summed E-state index contributed by atoms with van der Waals surface area (Å²) in [6.07, 6.45) is 2.26. The number of hydrogen-bond donors (Lipinski definition) is 2. The molecule has 2 saturated heterocycles. The number of aliphatic hydroxyl groups is 2. The van der Waals surface area contributed by atoms with Gasteiger partial charge in [-0.1, -0.05) is 23.7 Å². The molecule has 186 valence electrons. The first-order valence-electron chi connectivity index (χ1n) is 12.3. The van der Waals surface area contributed by atoms with Gasteiger partial charge in [-0.3, -0.25) is 9.80 Å². The van der Waals surface area contributed by atoms with Crippen LogP contribution in [-0.2, 0) is 6.54 Å². The van der Waals surface area contributed by atoms with E-state index in [1.54, 1.807) is 0 Å². The van der Waals surface area contributed by atoms with Gasteiger partial charge in [-0.05, 0) is 87.2 Å². The predicted molar refractivity (Wildman–Crippen MR) is 135 cm³/mol. The number of β-amino-alcohol motifs (C(OH)–C–C–N with tert-alkyl or cyclic N) is 1. The Balaban J connectivity index is 1.29. The molecule has 0 unspecified atom stereocenters. The lowest BCUT2D eigenvalue weighted by Gasteiger charge is -2.42. The van der Waals surface area contributed by atoms with Crippen molar-refractivity contribution in [1.29, 1.82) is 0 Å². The summed E-state index contributed by atoms with van der Waals surface area (Å²) in [6.45, 7) is 9.70. The fourth-order valence-electron chi connectivity index (χ4n) is 4.87. The average Bonchev–Trinajstić information content (AvgIpc) is 3.33. The predicted octanol–water partition coefficient (Wildman–Crippen LogP) is 3.81. The molecule has 7 heteroatoms. The van der Waals surface area contributed by atoms with Gasteiger partial charge in [-0.25, -0.2) is 0 Å². The summed E-state index contributed by atoms with van der Waals surface area (Å²) in [7, 11) is 0. The summed E-state index contributed by atoms with van der Waals surface area (Å²) < 4.78 is 11.8. The normalized spacial score (nSPS) is 23.9. The van der Waals surface area contributed by atoms with Crippen LogP contribution in [0.5, 0.6) is 11.5 Å². The molecule has 0 radical (unpaired) electrons. The Morgan fingerprint density at radius 2 is 1.65 bits per heavy atom. The summed E-state index contributed by atoms with van der Waals surface area (Å²) in [5.41, 5.74) is 1.67. The van der Waals surface area contributed by atoms with Crippen LogP contribution in [0, 0.1) is 13.8 Å². The van der Waals surface area contributed by atoms with Crippen LogP contribution in [0.2, 0.25) is 5.02 Å². The van der Waals surface area contributed by atoms with Crippen molar-refractivity contribution in [2.24, 2.45) is 0 Å². The number of nitrogens with zero attached hydrogens (tertiary/aromatic N) is 2. The molecule has 0 aromatic heterocycles. The summed E-state index contributed by atoms with van der Waals surface area (Å²) >= 11 is 6.25. The number of benzene rings is 2. The first kappa shape index (κ1) is 25.3. The second-order valence-corrected chi connectivity index (χ2v) is 10.2. The number of aryl methyl sites for hydroxylation is 2. The molecular weight excluding hydrogens is 452 g/mol. The van der Waals surface area contributed by atoms with Gasteiger partial charge in [0.15, 0.2) is 0 Å². The average molecular weight is 489 g/mol. The lowest BCUT2D eigenvalue weighted by Crippen LogP contribution is -2.59. The monoisotopic (exact) mass is 488 g/mol. The van der Waals surface area contributed by atoms with Crippen LogP contribution in [0.1, 0.15) is 36.0 Å². The SMILES string of the molecule is Cc1cc(OC[C@@]2(O)CN(Cc3ccc(OCCN4CCCC4)cc3)CC[C@@H]2O)cc(C)c1Cl. The van der Waals surface area contributed by atoms with Gasteiger partial charge in [0.25, 0.3) is 0 Å². The van der Waals surface area contributed by atoms with Crippen molar-refractivity contribution in [2.45, 2.75) is 51.4 Å². The highest BCUT2D eigenvalue weighted by atomic mass is 35.5. The summed E-state index contributed by atoms with van der Waals surface area (Å²) in [4.78, 5) is 4.61. The zero-order valence-electron chi connectivity index (χ0n) is 20.3. The highest BCUT2D eigenvalue weighted by molar-refractivity contribution is 6.32. The van der Waals surface area contributed by atoms with Crippen LogP contribution in [0.25, 0.3) is 0 Å². The van der Waals surface area contributed by atoms with Crippen molar-refractivity contribution in [3.05, 3.63) is 58.1 Å². The van der Waals surface area contributed by atoms with Crippen molar-refractivity contribution >= 4 is 11.6 Å². The summed E-state index contributed by atoms with van der Waals surface area (Å²) in [5, 5.41) is 22.5. The molecule has 2 aromatic rings. The van der Waals surface area contributed by atoms with E-state index < -0.39 is 11.7 Å². The first-order valence-corrected chi connectivity index (χ1v) is 12.7. The van der Waals surface area contributed by atoms with E-state index in [2.05, 4.69) is 21.9 Å². The van der Waals surface area contributed by atoms with Gasteiger partial charge in [0.05, 0.1) is 6.10 Å². The number of hydrogen-bond acceptors (Lipinski definition) is 6. The van der Waals surface area contributed by atoms with Crippen LogP contribution in [0.4, 0.5) is 0 Å². The Bertz CT molecular complexity index is 925. The zero-order valence-corrected chi connectivity index (χ0v) is 21.1. The fraction of sp³-hybridized carbons (Fsp3) is 0.556. The van der Waals surface area contributed by atoms with Gasteiger partial charge < -0.3 is 19.7 Å². The molecule has 0 bridgehead atoms. The number of halogens is 1. The third kappa shape index (κ3) is 6.43. The molecule has 2 N–H and O–H groups in total. The lowest BCUT2D eigenvalue weighted by atomic mass is 9.90. The Labute approximate surface area is 208 Å². The molecule has 2 aliphatic heterocycles. The molecule has 2 atom stereocenters. The van der Waals surface area contributed by atoms with E-state index in [-0.39, 0.29) is 6.61 Å². The summed E-state index contributed by atoms with van der Waals surface area (Å²) in [6, 6.07) is 11.9. The topological polar surface area (TPSA) is 65.4 Å². The quantitative estimate of drug-likeness (QED) is 0.559. The second kappa shape index (κ2) is 11.3. The van der Waals surface area contributed by atoms with Gasteiger partial charge >= 0.3 is 0 Å². The molecule has 4 rings (SSSR count). The lowest BCUT2D eigenvalue weighted by molar-refractivity contribution is -0.140. The molecular formula is C27H37ClN2O4. The van der Waals surface area contributed by atoms with Gasteiger partial charge in [-0.15, -0.1) is 0 Å². The minimum Gasteiger partial charge on any atom is -0.492 e. The van der Waals surface area contributed by atoms with Crippen molar-refractivity contribution in [2.75, 3.05) is 45.9 Å². The van der Waals surface area contributed by atoms with Gasteiger partial charge in [0, 0.05) is 31.2 Å². The van der Waals surface area contributed by atoms with E-state index in [0.717, 1.165) is 40.6 Å². The van der Waals surface area contributed by atoms with Crippen molar-refractivity contribution < 1.29 is 19.7 Å². The molecule has 0 saturated carbocycles. The van der Waals surface area contributed by atoms with E-state index in [9.17, 15) is 10.2 Å². The molecule has 2 aliphatic rings. The highest BCUT2D eigenvalue weighted by Gasteiger charge is 2.42. The molecule has 0 amide bonds. The zero-order chi connectivity index (χ0) is 24.1. The second-order valence-electron chi connectivity index (χ2n) is 9.82. The molecule has 0 aliphatic carbocycles. The Morgan fingerprint density at radius 3 is 2.32 bits per heavy atom. The van der Waals surface area contributed by atoms with E-state index in [1.165, 1.54) is 25.9 Å². The van der Waals surface area contributed by atoms with Crippen molar-refractivity contribution in [3.63, 3.8) is 0 Å². The smallest absolute Gasteiger partial charge is 0.137 e. The minimum atomic E-state index is -1.34. The number of piperidine rings is 1. The third-order valence-corrected chi connectivity index (χ3v) is 7.54. The van der Waals surface area contributed by atoms with Crippen molar-refractivity contribution in [3.8, 4) is 11.5 Å². The minimum absolute atomic E-state index is 0.0228. The van der Waals surface area contributed by atoms with E-state index in [0.29, 0.717) is 31.9 Å². The Hall–Kier alpha value is -1.83. The van der Waals surface area contributed by atoms with Crippen LogP contribution >= 0.6 is 11.6 Å². The standard InChI is InChI=1S/C27H37ClN2O4/c1-20-15-24(16-21(2)26(20)28)34-19-27(32)18-30(12-9-25(27)31)17-22-5-7-23(8-6-22)33-14-13-29-10-3-4-11-29/h5-8,15-16,25,31-32H,3-4,9-14,17-19H2,1-2H3/t25-,27-/m0/s1. The van der Waals surface area contributed by atoms with Gasteiger partial charge in [-0.2, -0.15) is 0 Å². The molecule has 0 spiro atoms. The van der Waals surface area contributed by atoms with Crippen LogP contribution in [0.3, 0.4) is 0 Å². The van der Waals surface area contributed by atoms with E-state index >= 15 is 0 Å². The van der Waals surface area contributed by atoms with Crippen molar-refractivity contribution in [1.82, 2.24) is 9.80 Å². The highest BCUT2D eigenvalue weighted by Crippen LogP contribution is 2.29. The largest absolute Gasteiger partial charge is 0.492 e. The van der Waals surface area contributed by atoms with Crippen LogP contribution in [0.15, 0.2) is 36.4 Å². The maximum atomic E-state index is 11.2. The Morgan fingerprint density at radius 1 is 0.971 bits per heavy atom. The van der Waals surface area contributed by atoms with Crippen LogP contribution < -0.4 is 9.47 Å². The van der Waals surface area contributed by atoms with E-state index in [4.69, 9.17) is 21.1 Å². The molecule has 6 nitrogen and oxygen atoms in total. The van der Waals surface area contributed by atoms with Gasteiger partial charge in [0.1, 0.15) is 30.3 Å². The molecule has 2 heterocycles. The number of rotatable bonds is 9. The maximum Gasteiger partial charge on any atom is 0.137 e. The number of likely N-dealkylation sites (tertiary alicyclic amines) is 2. The summed E-state index contributed by atoms with van der Waals surface area (Å²) in [5.74, 6) is 1.54. The van der Waals surface area contributed by atoms with Gasteiger partial charge in [0.2, 0.25) is 0 Å². The van der Waals surface area contributed by atoms with Crippen LogP contribution in [-0.4, -0.2) is 77.7 Å². The molecule has 2 aromatic carbocycles. The number of ether oxygens (including phenoxy) is 2.